The van der Waals surface area contributed by atoms with Crippen LogP contribution in [0.25, 0.3) is 0 Å². The lowest BCUT2D eigenvalue weighted by atomic mass is 10.0. The van der Waals surface area contributed by atoms with Crippen LogP contribution in [0.4, 0.5) is 0 Å². The smallest absolute Gasteiger partial charge is 0.305 e. The number of unbranched alkanes of at least 4 members (excludes halogenated alkanes) is 44. The van der Waals surface area contributed by atoms with E-state index in [1.54, 1.807) is 6.08 Å². The minimum atomic E-state index is -0.854. The third kappa shape index (κ3) is 58.9. The number of ether oxygens (including phenoxy) is 1. The Morgan fingerprint density at radius 3 is 1.07 bits per heavy atom. The average Bonchev–Trinajstić information content (AvgIpc) is 3.39. The van der Waals surface area contributed by atoms with Gasteiger partial charge in [0.05, 0.1) is 25.4 Å². The van der Waals surface area contributed by atoms with E-state index in [-0.39, 0.29) is 18.5 Å². The van der Waals surface area contributed by atoms with Crippen LogP contribution in [0.5, 0.6) is 0 Å². The van der Waals surface area contributed by atoms with Gasteiger partial charge in [0.15, 0.2) is 0 Å². The molecule has 0 aromatic rings. The lowest BCUT2D eigenvalue weighted by molar-refractivity contribution is -0.143. The van der Waals surface area contributed by atoms with E-state index in [1.807, 2.05) is 6.08 Å². The fourth-order valence-corrected chi connectivity index (χ4v) is 9.86. The summed E-state index contributed by atoms with van der Waals surface area (Å²) >= 11 is 0. The quantitative estimate of drug-likeness (QED) is 0.0244. The first kappa shape index (κ1) is 70.8. The Bertz CT molecular complexity index is 1230. The summed E-state index contributed by atoms with van der Waals surface area (Å²) in [6.07, 6.45) is 80.2. The number of nitrogens with one attached hydrogen (secondary N) is 1. The highest BCUT2D eigenvalue weighted by molar-refractivity contribution is 5.76. The highest BCUT2D eigenvalue weighted by atomic mass is 16.5. The van der Waals surface area contributed by atoms with E-state index in [0.29, 0.717) is 19.4 Å². The molecule has 1 amide bonds. The monoisotopic (exact) mass is 1020 g/mol. The lowest BCUT2D eigenvalue weighted by Crippen LogP contribution is -2.45. The van der Waals surface area contributed by atoms with Gasteiger partial charge in [-0.25, -0.2) is 0 Å². The van der Waals surface area contributed by atoms with Crippen LogP contribution in [0.2, 0.25) is 0 Å². The number of amides is 1. The van der Waals surface area contributed by atoms with Gasteiger partial charge >= 0.3 is 5.97 Å². The van der Waals surface area contributed by atoms with Gasteiger partial charge < -0.3 is 20.3 Å². The van der Waals surface area contributed by atoms with Gasteiger partial charge in [0.25, 0.3) is 0 Å². The molecule has 73 heavy (non-hydrogen) atoms. The summed E-state index contributed by atoms with van der Waals surface area (Å²) in [5.74, 6) is -0.0988. The molecule has 0 spiro atoms. The molecule has 0 aliphatic carbocycles. The summed E-state index contributed by atoms with van der Waals surface area (Å²) in [4.78, 5) is 24.5. The molecule has 0 aromatic heterocycles. The van der Waals surface area contributed by atoms with Crippen LogP contribution in [-0.4, -0.2) is 47.4 Å². The van der Waals surface area contributed by atoms with Crippen LogP contribution in [-0.2, 0) is 14.3 Å². The summed E-state index contributed by atoms with van der Waals surface area (Å²) < 4.78 is 5.44. The SMILES string of the molecule is CCCCCC/C=C\CCCCCCCC(=O)OCCCCC/C=C\C=C/CCCCCCCCCCCCC(=O)NC(CO)C(O)/C=C/CCCCCCCCCCCCCCCCCCCCCCCC. The number of hydrogen-bond acceptors (Lipinski definition) is 5. The Kier molecular flexibility index (Phi) is 60.5. The van der Waals surface area contributed by atoms with Crippen LogP contribution >= 0.6 is 0 Å². The van der Waals surface area contributed by atoms with Crippen LogP contribution in [0.1, 0.15) is 341 Å². The maximum Gasteiger partial charge on any atom is 0.305 e. The molecule has 0 saturated carbocycles. The molecule has 6 heteroatoms. The summed E-state index contributed by atoms with van der Waals surface area (Å²) in [5.41, 5.74) is 0. The van der Waals surface area contributed by atoms with Crippen molar-refractivity contribution in [3.8, 4) is 0 Å². The second-order valence-corrected chi connectivity index (χ2v) is 22.1. The van der Waals surface area contributed by atoms with Gasteiger partial charge in [-0.15, -0.1) is 0 Å². The number of rotatable bonds is 60. The number of aliphatic hydroxyl groups excluding tert-OH is 2. The first-order valence-corrected chi connectivity index (χ1v) is 32.4. The molecule has 6 nitrogen and oxygen atoms in total. The zero-order valence-electron chi connectivity index (χ0n) is 48.9. The third-order valence-electron chi connectivity index (χ3n) is 14.8. The summed E-state index contributed by atoms with van der Waals surface area (Å²) in [6, 6.07) is -0.638. The number of carbonyl (C=O) groups is 2. The van der Waals surface area contributed by atoms with Crippen molar-refractivity contribution >= 4 is 11.9 Å². The second-order valence-electron chi connectivity index (χ2n) is 22.1. The molecule has 0 saturated heterocycles. The van der Waals surface area contributed by atoms with Gasteiger partial charge in [0, 0.05) is 12.8 Å². The Balaban J connectivity index is 3.51. The Morgan fingerprint density at radius 1 is 0.384 bits per heavy atom. The lowest BCUT2D eigenvalue weighted by Gasteiger charge is -2.20. The number of aliphatic hydroxyl groups is 2. The van der Waals surface area contributed by atoms with E-state index in [0.717, 1.165) is 77.0 Å². The van der Waals surface area contributed by atoms with E-state index >= 15 is 0 Å². The van der Waals surface area contributed by atoms with Gasteiger partial charge in [-0.1, -0.05) is 287 Å². The molecule has 0 rings (SSSR count). The highest BCUT2D eigenvalue weighted by Gasteiger charge is 2.18. The Morgan fingerprint density at radius 2 is 0.685 bits per heavy atom. The predicted octanol–water partition coefficient (Wildman–Crippen LogP) is 20.5. The standard InChI is InChI=1S/C67H125NO5/c1-3-5-7-9-11-13-15-17-18-19-20-21-22-23-24-26-29-32-36-39-43-47-51-55-59-65(70)64(63-69)68-66(71)60-56-52-48-44-40-37-33-30-27-25-28-31-34-38-42-46-50-54-58-62-73-67(72)61-57-53-49-45-41-35-16-14-12-10-8-6-4-2/h14,16,31,34,38,42,55,59,64-65,69-70H,3-13,15,17-30,32-33,35-37,39-41,43-54,56-58,60-63H2,1-2H3,(H,68,71)/b16-14-,34-31-,42-38-,59-55+. The molecule has 428 valence electrons. The topological polar surface area (TPSA) is 95.9 Å². The Labute approximate surface area is 455 Å². The van der Waals surface area contributed by atoms with Gasteiger partial charge in [0.2, 0.25) is 5.91 Å². The largest absolute Gasteiger partial charge is 0.466 e. The van der Waals surface area contributed by atoms with Crippen molar-refractivity contribution in [1.29, 1.82) is 0 Å². The predicted molar refractivity (Wildman–Crippen MR) is 319 cm³/mol. The van der Waals surface area contributed by atoms with E-state index in [1.165, 1.54) is 238 Å². The molecule has 0 aliphatic heterocycles. The van der Waals surface area contributed by atoms with Crippen LogP contribution in [0.3, 0.4) is 0 Å². The second kappa shape index (κ2) is 62.4. The van der Waals surface area contributed by atoms with Crippen LogP contribution in [0, 0.1) is 0 Å². The van der Waals surface area contributed by atoms with E-state index in [2.05, 4.69) is 55.6 Å². The number of esters is 1. The van der Waals surface area contributed by atoms with Gasteiger partial charge in [0.1, 0.15) is 0 Å². The van der Waals surface area contributed by atoms with Gasteiger partial charge in [-0.05, 0) is 89.9 Å². The molecule has 0 bridgehead atoms. The minimum absolute atomic E-state index is 0.0233. The van der Waals surface area contributed by atoms with Crippen molar-refractivity contribution in [2.45, 2.75) is 353 Å². The fraction of sp³-hybridized carbons (Fsp3) is 0.851. The number of carbonyl (C=O) groups excluding carboxylic acids is 2. The molecule has 2 unspecified atom stereocenters. The summed E-state index contributed by atoms with van der Waals surface area (Å²) in [5, 5.41) is 23.2. The van der Waals surface area contributed by atoms with Crippen LogP contribution in [0.15, 0.2) is 48.6 Å². The maximum absolute atomic E-state index is 12.5. The van der Waals surface area contributed by atoms with Crippen molar-refractivity contribution in [2.24, 2.45) is 0 Å². The van der Waals surface area contributed by atoms with E-state index in [9.17, 15) is 19.8 Å². The molecule has 0 aliphatic rings. The Hall–Kier alpha value is -2.18. The number of allylic oxidation sites excluding steroid dienone is 7. The summed E-state index contributed by atoms with van der Waals surface area (Å²) in [7, 11) is 0. The highest BCUT2D eigenvalue weighted by Crippen LogP contribution is 2.17. The van der Waals surface area contributed by atoms with Crippen molar-refractivity contribution in [2.75, 3.05) is 13.2 Å². The third-order valence-corrected chi connectivity index (χ3v) is 14.8. The van der Waals surface area contributed by atoms with Crippen molar-refractivity contribution in [1.82, 2.24) is 5.32 Å². The normalized spacial score (nSPS) is 12.9. The van der Waals surface area contributed by atoms with E-state index < -0.39 is 12.1 Å². The molecular formula is C67H125NO5. The van der Waals surface area contributed by atoms with Gasteiger partial charge in [-0.2, -0.15) is 0 Å². The van der Waals surface area contributed by atoms with Crippen molar-refractivity contribution < 1.29 is 24.5 Å². The fourth-order valence-electron chi connectivity index (χ4n) is 9.86. The van der Waals surface area contributed by atoms with Crippen molar-refractivity contribution in [3.05, 3.63) is 48.6 Å². The molecule has 3 N–H and O–H groups in total. The molecular weight excluding hydrogens is 899 g/mol. The average molecular weight is 1020 g/mol. The zero-order valence-corrected chi connectivity index (χ0v) is 48.9. The first-order valence-electron chi connectivity index (χ1n) is 32.4. The van der Waals surface area contributed by atoms with E-state index in [4.69, 9.17) is 4.74 Å². The van der Waals surface area contributed by atoms with Gasteiger partial charge in [-0.3, -0.25) is 9.59 Å². The molecule has 0 radical (unpaired) electrons. The summed E-state index contributed by atoms with van der Waals surface area (Å²) in [6.45, 7) is 4.86. The first-order chi connectivity index (χ1) is 36.0. The zero-order chi connectivity index (χ0) is 52.9. The molecule has 0 heterocycles. The van der Waals surface area contributed by atoms with Crippen molar-refractivity contribution in [3.63, 3.8) is 0 Å². The number of hydrogen-bond donors (Lipinski definition) is 3. The molecule has 2 atom stereocenters. The van der Waals surface area contributed by atoms with Crippen LogP contribution < -0.4 is 5.32 Å². The molecule has 0 aromatic carbocycles. The molecule has 0 fully saturated rings. The minimum Gasteiger partial charge on any atom is -0.466 e. The maximum atomic E-state index is 12.5.